The highest BCUT2D eigenvalue weighted by Crippen LogP contribution is 2.27. The number of nitrogens with two attached hydrogens (primary N) is 1. The highest BCUT2D eigenvalue weighted by molar-refractivity contribution is 9.10. The van der Waals surface area contributed by atoms with Crippen molar-refractivity contribution in [3.8, 4) is 0 Å². The fourth-order valence-electron chi connectivity index (χ4n) is 1.40. The van der Waals surface area contributed by atoms with Crippen LogP contribution < -0.4 is 10.5 Å². The lowest BCUT2D eigenvalue weighted by atomic mass is 10.3. The van der Waals surface area contributed by atoms with Crippen molar-refractivity contribution in [1.29, 1.82) is 0 Å². The Morgan fingerprint density at radius 2 is 1.95 bits per heavy atom. The number of anilines is 1. The van der Waals surface area contributed by atoms with E-state index in [2.05, 4.69) is 20.7 Å². The predicted molar refractivity (Wildman–Crippen MR) is 77.1 cm³/mol. The Morgan fingerprint density at radius 1 is 1.25 bits per heavy atom. The second-order valence-corrected chi connectivity index (χ2v) is 7.50. The molecule has 1 heterocycles. The van der Waals surface area contributed by atoms with Gasteiger partial charge in [0.25, 0.3) is 10.0 Å². The van der Waals surface area contributed by atoms with E-state index in [1.807, 2.05) is 0 Å². The van der Waals surface area contributed by atoms with Crippen LogP contribution in [0.25, 0.3) is 0 Å². The predicted octanol–water partition coefficient (Wildman–Crippen LogP) is 3.05. The van der Waals surface area contributed by atoms with Crippen molar-refractivity contribution in [2.45, 2.75) is 10.8 Å². The van der Waals surface area contributed by atoms with Crippen LogP contribution in [-0.4, -0.2) is 8.42 Å². The average Bonchev–Trinajstić information content (AvgIpc) is 2.85. The van der Waals surface area contributed by atoms with Crippen molar-refractivity contribution in [2.75, 3.05) is 4.72 Å². The lowest BCUT2D eigenvalue weighted by Crippen LogP contribution is -2.13. The Balaban J connectivity index is 2.35. The van der Waals surface area contributed by atoms with Crippen molar-refractivity contribution < 1.29 is 17.2 Å². The van der Waals surface area contributed by atoms with Gasteiger partial charge in [0.15, 0.2) is 0 Å². The molecule has 2 rings (SSSR count). The molecule has 0 saturated carbocycles. The van der Waals surface area contributed by atoms with Gasteiger partial charge in [-0.1, -0.05) is 0 Å². The lowest BCUT2D eigenvalue weighted by molar-refractivity contribution is 0.579. The molecule has 0 aliphatic heterocycles. The zero-order chi connectivity index (χ0) is 14.9. The Hall–Kier alpha value is -1.03. The maximum absolute atomic E-state index is 13.5. The summed E-state index contributed by atoms with van der Waals surface area (Å²) in [5.41, 5.74) is 5.73. The van der Waals surface area contributed by atoms with Crippen LogP contribution in [0.2, 0.25) is 0 Å². The Kier molecular flexibility index (Phi) is 4.43. The van der Waals surface area contributed by atoms with E-state index in [4.69, 9.17) is 5.73 Å². The van der Waals surface area contributed by atoms with E-state index in [9.17, 15) is 17.2 Å². The molecular formula is C11H9BrF2N2O2S2. The first kappa shape index (κ1) is 15.4. The van der Waals surface area contributed by atoms with Crippen molar-refractivity contribution in [1.82, 2.24) is 0 Å². The van der Waals surface area contributed by atoms with Crippen LogP contribution in [0.4, 0.5) is 14.5 Å². The second-order valence-electron chi connectivity index (χ2n) is 3.83. The summed E-state index contributed by atoms with van der Waals surface area (Å²) in [5, 5.41) is 1.60. The van der Waals surface area contributed by atoms with Crippen molar-refractivity contribution in [3.05, 3.63) is 45.2 Å². The fraction of sp³-hybridized carbons (Fsp3) is 0.0909. The number of sulfonamides is 1. The van der Waals surface area contributed by atoms with Gasteiger partial charge in [-0.3, -0.25) is 4.72 Å². The van der Waals surface area contributed by atoms with Gasteiger partial charge in [-0.2, -0.15) is 0 Å². The average molecular weight is 383 g/mol. The molecule has 1 aromatic carbocycles. The van der Waals surface area contributed by atoms with Gasteiger partial charge in [0.2, 0.25) is 0 Å². The van der Waals surface area contributed by atoms with Crippen LogP contribution in [-0.2, 0) is 16.6 Å². The molecule has 2 aromatic rings. The van der Waals surface area contributed by atoms with Gasteiger partial charge >= 0.3 is 0 Å². The van der Waals surface area contributed by atoms with Crippen LogP contribution in [0.5, 0.6) is 0 Å². The van der Waals surface area contributed by atoms with Crippen molar-refractivity contribution in [3.63, 3.8) is 0 Å². The third-order valence-corrected chi connectivity index (χ3v) is 5.85. The van der Waals surface area contributed by atoms with Crippen LogP contribution in [0.15, 0.2) is 32.3 Å². The standard InChI is InChI=1S/C11H9BrF2N2O2S2/c12-7-2-10(9(14)3-8(7)13)16-20(17,18)11-1-6(4-15)5-19-11/h1-3,5,16H,4,15H2. The summed E-state index contributed by atoms with van der Waals surface area (Å²) in [6.07, 6.45) is 0. The fourth-order valence-corrected chi connectivity index (χ4v) is 4.02. The first-order valence-corrected chi connectivity index (χ1v) is 8.44. The van der Waals surface area contributed by atoms with E-state index in [1.54, 1.807) is 5.38 Å². The van der Waals surface area contributed by atoms with Gasteiger partial charge in [-0.05, 0) is 39.0 Å². The number of rotatable bonds is 4. The highest BCUT2D eigenvalue weighted by Gasteiger charge is 2.19. The SMILES string of the molecule is NCc1csc(S(=O)(=O)Nc2cc(Br)c(F)cc2F)c1. The molecule has 0 bridgehead atoms. The third-order valence-electron chi connectivity index (χ3n) is 2.38. The van der Waals surface area contributed by atoms with Crippen molar-refractivity contribution >= 4 is 43.0 Å². The number of halogens is 3. The number of benzene rings is 1. The molecule has 0 spiro atoms. The minimum absolute atomic E-state index is 0.0118. The van der Waals surface area contributed by atoms with Crippen LogP contribution in [0.1, 0.15) is 5.56 Å². The zero-order valence-corrected chi connectivity index (χ0v) is 13.1. The molecule has 108 valence electrons. The lowest BCUT2D eigenvalue weighted by Gasteiger charge is -2.08. The molecule has 9 heteroatoms. The summed E-state index contributed by atoms with van der Waals surface area (Å²) in [4.78, 5) is 0. The molecule has 20 heavy (non-hydrogen) atoms. The molecule has 0 amide bonds. The van der Waals surface area contributed by atoms with Crippen LogP contribution in [0, 0.1) is 11.6 Å². The van der Waals surface area contributed by atoms with E-state index in [0.29, 0.717) is 11.6 Å². The van der Waals surface area contributed by atoms with Crippen LogP contribution >= 0.6 is 27.3 Å². The van der Waals surface area contributed by atoms with E-state index >= 15 is 0 Å². The molecule has 0 unspecified atom stereocenters. The van der Waals surface area contributed by atoms with E-state index in [1.165, 1.54) is 6.07 Å². The molecule has 0 atom stereocenters. The Labute approximate surface area is 126 Å². The van der Waals surface area contributed by atoms with Gasteiger partial charge in [0, 0.05) is 12.6 Å². The maximum atomic E-state index is 13.5. The Bertz CT molecular complexity index is 747. The normalized spacial score (nSPS) is 11.6. The van der Waals surface area contributed by atoms with Crippen LogP contribution in [0.3, 0.4) is 0 Å². The largest absolute Gasteiger partial charge is 0.326 e. The number of thiophene rings is 1. The summed E-state index contributed by atoms with van der Waals surface area (Å²) >= 11 is 3.84. The molecule has 0 fully saturated rings. The minimum Gasteiger partial charge on any atom is -0.326 e. The number of hydrogen-bond acceptors (Lipinski definition) is 4. The topological polar surface area (TPSA) is 72.2 Å². The van der Waals surface area contributed by atoms with Crippen molar-refractivity contribution in [2.24, 2.45) is 5.73 Å². The molecular weight excluding hydrogens is 374 g/mol. The van der Waals surface area contributed by atoms with E-state index in [-0.39, 0.29) is 20.9 Å². The molecule has 0 saturated heterocycles. The quantitative estimate of drug-likeness (QED) is 0.798. The second kappa shape index (κ2) is 5.76. The smallest absolute Gasteiger partial charge is 0.271 e. The summed E-state index contributed by atoms with van der Waals surface area (Å²) < 4.78 is 52.8. The van der Waals surface area contributed by atoms with Gasteiger partial charge in [-0.25, -0.2) is 17.2 Å². The van der Waals surface area contributed by atoms with Gasteiger partial charge in [0.05, 0.1) is 10.2 Å². The highest BCUT2D eigenvalue weighted by atomic mass is 79.9. The minimum atomic E-state index is -3.93. The van der Waals surface area contributed by atoms with Gasteiger partial charge in [-0.15, -0.1) is 11.3 Å². The summed E-state index contributed by atoms with van der Waals surface area (Å²) in [6, 6.07) is 3.03. The summed E-state index contributed by atoms with van der Waals surface area (Å²) in [5.74, 6) is -1.81. The third kappa shape index (κ3) is 3.17. The molecule has 1 aromatic heterocycles. The molecule has 0 aliphatic carbocycles. The first-order chi connectivity index (χ1) is 9.33. The summed E-state index contributed by atoms with van der Waals surface area (Å²) in [6.45, 7) is 0.211. The Morgan fingerprint density at radius 3 is 2.55 bits per heavy atom. The monoisotopic (exact) mass is 382 g/mol. The zero-order valence-electron chi connectivity index (χ0n) is 9.86. The molecule has 0 radical (unpaired) electrons. The van der Waals surface area contributed by atoms with Gasteiger partial charge < -0.3 is 5.73 Å². The first-order valence-electron chi connectivity index (χ1n) is 5.28. The number of nitrogens with one attached hydrogen (secondary N) is 1. The van der Waals surface area contributed by atoms with E-state index in [0.717, 1.165) is 17.4 Å². The summed E-state index contributed by atoms with van der Waals surface area (Å²) in [7, 11) is -3.93. The molecule has 0 aliphatic rings. The van der Waals surface area contributed by atoms with E-state index < -0.39 is 21.7 Å². The number of hydrogen-bond donors (Lipinski definition) is 2. The molecule has 3 N–H and O–H groups in total. The van der Waals surface area contributed by atoms with Gasteiger partial charge in [0.1, 0.15) is 15.8 Å². The molecule has 4 nitrogen and oxygen atoms in total. The maximum Gasteiger partial charge on any atom is 0.271 e.